The molecule has 2 aromatic carbocycles. The molecule has 28 heavy (non-hydrogen) atoms. The lowest BCUT2D eigenvalue weighted by Gasteiger charge is -2.19. The first-order valence-corrected chi connectivity index (χ1v) is 9.16. The number of halogens is 1. The van der Waals surface area contributed by atoms with Crippen molar-refractivity contribution in [1.29, 1.82) is 0 Å². The molecule has 8 heteroatoms. The number of carbonyl (C=O) groups excluding carboxylic acids is 2. The van der Waals surface area contributed by atoms with Gasteiger partial charge >= 0.3 is 6.03 Å². The Balaban J connectivity index is 1.64. The van der Waals surface area contributed by atoms with Gasteiger partial charge in [0.2, 0.25) is 5.91 Å². The van der Waals surface area contributed by atoms with Crippen LogP contribution in [0.2, 0.25) is 5.02 Å². The molecule has 1 aliphatic heterocycles. The average Bonchev–Trinajstić information content (AvgIpc) is 2.67. The average molecular weight is 402 g/mol. The lowest BCUT2D eigenvalue weighted by molar-refractivity contribution is -0.111. The van der Waals surface area contributed by atoms with Gasteiger partial charge in [0.15, 0.2) is 11.5 Å². The minimum atomic E-state index is -0.318. The number of fused-ring (bicyclic) bond motifs is 1. The van der Waals surface area contributed by atoms with E-state index < -0.39 is 0 Å². The van der Waals surface area contributed by atoms with Crippen LogP contribution in [0.5, 0.6) is 11.5 Å². The first kappa shape index (κ1) is 19.6. The third-order valence-electron chi connectivity index (χ3n) is 3.77. The topological polar surface area (TPSA) is 88.7 Å². The van der Waals surface area contributed by atoms with Gasteiger partial charge < -0.3 is 25.4 Å². The molecule has 0 unspecified atom stereocenters. The van der Waals surface area contributed by atoms with Crippen molar-refractivity contribution < 1.29 is 19.1 Å². The molecule has 3 rings (SSSR count). The number of nitrogens with one attached hydrogen (secondary N) is 3. The normalized spacial score (nSPS) is 12.5. The van der Waals surface area contributed by atoms with Crippen molar-refractivity contribution in [2.45, 2.75) is 6.92 Å². The number of amides is 3. The molecular formula is C20H20ClN3O4. The van der Waals surface area contributed by atoms with E-state index in [9.17, 15) is 9.59 Å². The summed E-state index contributed by atoms with van der Waals surface area (Å²) in [6.07, 6.45) is 3.03. The maximum atomic E-state index is 12.2. The van der Waals surface area contributed by atoms with Crippen molar-refractivity contribution >= 4 is 41.0 Å². The Hall–Kier alpha value is -3.19. The summed E-state index contributed by atoms with van der Waals surface area (Å²) in [6.45, 7) is 3.27. The Bertz CT molecular complexity index is 914. The smallest absolute Gasteiger partial charge is 0.319 e. The first-order chi connectivity index (χ1) is 13.5. The summed E-state index contributed by atoms with van der Waals surface area (Å²) in [5, 5.41) is 8.51. The molecule has 1 aliphatic rings. The predicted octanol–water partition coefficient (Wildman–Crippen LogP) is 3.90. The fraction of sp³-hybridized carbons (Fsp3) is 0.200. The van der Waals surface area contributed by atoms with Crippen LogP contribution in [0.3, 0.4) is 0 Å². The molecule has 3 amide bonds. The van der Waals surface area contributed by atoms with Gasteiger partial charge in [-0.3, -0.25) is 4.79 Å². The molecule has 0 aliphatic carbocycles. The Morgan fingerprint density at radius 1 is 1.11 bits per heavy atom. The second-order valence-corrected chi connectivity index (χ2v) is 6.32. The first-order valence-electron chi connectivity index (χ1n) is 8.78. The molecule has 7 nitrogen and oxygen atoms in total. The molecule has 146 valence electrons. The Morgan fingerprint density at radius 2 is 1.86 bits per heavy atom. The third kappa shape index (κ3) is 5.17. The molecule has 0 fully saturated rings. The Morgan fingerprint density at radius 3 is 2.64 bits per heavy atom. The van der Waals surface area contributed by atoms with E-state index in [0.29, 0.717) is 47.7 Å². The molecule has 0 saturated heterocycles. The number of benzene rings is 2. The van der Waals surface area contributed by atoms with Gasteiger partial charge in [-0.2, -0.15) is 0 Å². The van der Waals surface area contributed by atoms with Gasteiger partial charge in [-0.05, 0) is 48.9 Å². The highest BCUT2D eigenvalue weighted by molar-refractivity contribution is 6.32. The van der Waals surface area contributed by atoms with Gasteiger partial charge in [-0.15, -0.1) is 0 Å². The van der Waals surface area contributed by atoms with Crippen LogP contribution in [-0.2, 0) is 4.79 Å². The zero-order chi connectivity index (χ0) is 19.9. The maximum absolute atomic E-state index is 12.2. The molecule has 0 aromatic heterocycles. The summed E-state index contributed by atoms with van der Waals surface area (Å²) < 4.78 is 11.0. The van der Waals surface area contributed by atoms with Crippen LogP contribution in [0.4, 0.5) is 16.2 Å². The van der Waals surface area contributed by atoms with E-state index in [2.05, 4.69) is 16.0 Å². The van der Waals surface area contributed by atoms with Crippen LogP contribution in [0, 0.1) is 0 Å². The summed E-state index contributed by atoms with van der Waals surface area (Å²) in [6, 6.07) is 10.0. The molecule has 1 heterocycles. The number of carbonyl (C=O) groups is 2. The van der Waals surface area contributed by atoms with E-state index in [1.807, 2.05) is 6.92 Å². The van der Waals surface area contributed by atoms with Crippen LogP contribution in [-0.4, -0.2) is 31.7 Å². The quantitative estimate of drug-likeness (QED) is 0.663. The van der Waals surface area contributed by atoms with Crippen molar-refractivity contribution in [3.8, 4) is 11.5 Å². The van der Waals surface area contributed by atoms with Gasteiger partial charge in [0.1, 0.15) is 13.2 Å². The van der Waals surface area contributed by atoms with Crippen molar-refractivity contribution in [3.63, 3.8) is 0 Å². The fourth-order valence-corrected chi connectivity index (χ4v) is 2.87. The third-order valence-corrected chi connectivity index (χ3v) is 4.05. The fourth-order valence-electron chi connectivity index (χ4n) is 2.59. The summed E-state index contributed by atoms with van der Waals surface area (Å²) in [4.78, 5) is 23.8. The molecule has 3 N–H and O–H groups in total. The minimum Gasteiger partial charge on any atom is -0.486 e. The SMILES string of the molecule is CCNC(=O)Nc1cccc(NC(=O)/C=C/c2cc(Cl)c3c(c2)OCCO3)c1. The van der Waals surface area contributed by atoms with E-state index in [1.165, 1.54) is 6.08 Å². The molecule has 0 saturated carbocycles. The van der Waals surface area contributed by atoms with Crippen LogP contribution in [0.15, 0.2) is 42.5 Å². The Kier molecular flexibility index (Phi) is 6.39. The molecule has 0 bridgehead atoms. The highest BCUT2D eigenvalue weighted by Gasteiger charge is 2.16. The van der Waals surface area contributed by atoms with Crippen LogP contribution < -0.4 is 25.4 Å². The number of hydrogen-bond donors (Lipinski definition) is 3. The zero-order valence-corrected chi connectivity index (χ0v) is 16.0. The molecular weight excluding hydrogens is 382 g/mol. The lowest BCUT2D eigenvalue weighted by Crippen LogP contribution is -2.28. The number of hydrogen-bond acceptors (Lipinski definition) is 4. The molecule has 2 aromatic rings. The molecule has 0 radical (unpaired) electrons. The van der Waals surface area contributed by atoms with E-state index in [0.717, 1.165) is 5.56 Å². The summed E-state index contributed by atoms with van der Waals surface area (Å²) in [5.41, 5.74) is 1.85. The number of anilines is 2. The zero-order valence-electron chi connectivity index (χ0n) is 15.3. The largest absolute Gasteiger partial charge is 0.486 e. The van der Waals surface area contributed by atoms with Crippen molar-refractivity contribution in [2.75, 3.05) is 30.4 Å². The summed E-state index contributed by atoms with van der Waals surface area (Å²) in [7, 11) is 0. The second kappa shape index (κ2) is 9.14. The van der Waals surface area contributed by atoms with Gasteiger partial charge in [0.05, 0.1) is 5.02 Å². The van der Waals surface area contributed by atoms with Crippen molar-refractivity contribution in [1.82, 2.24) is 5.32 Å². The van der Waals surface area contributed by atoms with E-state index in [1.54, 1.807) is 42.5 Å². The highest BCUT2D eigenvalue weighted by atomic mass is 35.5. The predicted molar refractivity (Wildman–Crippen MR) is 109 cm³/mol. The van der Waals surface area contributed by atoms with Crippen LogP contribution in [0.25, 0.3) is 6.08 Å². The van der Waals surface area contributed by atoms with E-state index >= 15 is 0 Å². The summed E-state index contributed by atoms with van der Waals surface area (Å²) >= 11 is 6.19. The van der Waals surface area contributed by atoms with Gasteiger partial charge in [-0.1, -0.05) is 17.7 Å². The number of ether oxygens (including phenoxy) is 2. The maximum Gasteiger partial charge on any atom is 0.319 e. The summed E-state index contributed by atoms with van der Waals surface area (Å²) in [5.74, 6) is 0.759. The molecule has 0 atom stereocenters. The van der Waals surface area contributed by atoms with E-state index in [4.69, 9.17) is 21.1 Å². The monoisotopic (exact) mass is 401 g/mol. The number of rotatable bonds is 5. The minimum absolute atomic E-state index is 0.304. The van der Waals surface area contributed by atoms with Crippen molar-refractivity contribution in [3.05, 3.63) is 53.1 Å². The van der Waals surface area contributed by atoms with E-state index in [-0.39, 0.29) is 11.9 Å². The number of urea groups is 1. The van der Waals surface area contributed by atoms with Gasteiger partial charge in [0.25, 0.3) is 0 Å². The second-order valence-electron chi connectivity index (χ2n) is 5.91. The van der Waals surface area contributed by atoms with Crippen LogP contribution in [0.1, 0.15) is 12.5 Å². The molecule has 0 spiro atoms. The van der Waals surface area contributed by atoms with Crippen LogP contribution >= 0.6 is 11.6 Å². The van der Waals surface area contributed by atoms with Gasteiger partial charge in [0, 0.05) is 24.0 Å². The lowest BCUT2D eigenvalue weighted by atomic mass is 10.1. The standard InChI is InChI=1S/C20H20ClN3O4/c1-2-22-20(26)24-15-5-3-4-14(12-15)23-18(25)7-6-13-10-16(21)19-17(11-13)27-8-9-28-19/h3-7,10-12H,2,8-9H2,1H3,(H,23,25)(H2,22,24,26)/b7-6+. The van der Waals surface area contributed by atoms with Gasteiger partial charge in [-0.25, -0.2) is 4.79 Å². The van der Waals surface area contributed by atoms with Crippen molar-refractivity contribution in [2.24, 2.45) is 0 Å². The Labute approximate surface area is 167 Å². The highest BCUT2D eigenvalue weighted by Crippen LogP contribution is 2.38.